The molecule has 0 amide bonds. The quantitative estimate of drug-likeness (QED) is 0.838. The van der Waals surface area contributed by atoms with Crippen molar-refractivity contribution < 1.29 is 9.90 Å². The van der Waals surface area contributed by atoms with Crippen LogP contribution >= 0.6 is 0 Å². The number of carboxylic acids is 1. The van der Waals surface area contributed by atoms with Crippen molar-refractivity contribution in [2.75, 3.05) is 0 Å². The molecule has 0 fully saturated rings. The molecule has 0 aliphatic heterocycles. The van der Waals surface area contributed by atoms with Crippen molar-refractivity contribution in [2.45, 2.75) is 33.6 Å². The number of hydrogen-bond donors (Lipinski definition) is 1. The lowest BCUT2D eigenvalue weighted by Gasteiger charge is -2.25. The van der Waals surface area contributed by atoms with E-state index in [0.717, 1.165) is 0 Å². The fourth-order valence-electron chi connectivity index (χ4n) is 2.39. The van der Waals surface area contributed by atoms with Crippen molar-refractivity contribution >= 4 is 5.97 Å². The van der Waals surface area contributed by atoms with Crippen LogP contribution in [-0.2, 0) is 0 Å². The van der Waals surface area contributed by atoms with E-state index in [4.69, 9.17) is 5.11 Å². The maximum atomic E-state index is 10.7. The Labute approximate surface area is 97.3 Å². The van der Waals surface area contributed by atoms with Crippen molar-refractivity contribution in [1.82, 2.24) is 0 Å². The van der Waals surface area contributed by atoms with E-state index in [1.807, 2.05) is 12.1 Å². The van der Waals surface area contributed by atoms with Crippen LogP contribution in [0.15, 0.2) is 24.3 Å². The van der Waals surface area contributed by atoms with Crippen LogP contribution in [0.1, 0.15) is 49.5 Å². The van der Waals surface area contributed by atoms with E-state index in [9.17, 15) is 4.79 Å². The Morgan fingerprint density at radius 3 is 1.75 bits per heavy atom. The van der Waals surface area contributed by atoms with Gasteiger partial charge in [0.05, 0.1) is 5.56 Å². The molecular formula is C14H20O2. The molecule has 0 atom stereocenters. The SMILES string of the molecule is CC(C)C(c1ccc(C(=O)O)cc1)C(C)C. The van der Waals surface area contributed by atoms with Crippen molar-refractivity contribution in [1.29, 1.82) is 0 Å². The first-order valence-electron chi connectivity index (χ1n) is 5.76. The number of carboxylic acid groups (broad SMARTS) is 1. The summed E-state index contributed by atoms with van der Waals surface area (Å²) in [5.41, 5.74) is 1.59. The molecule has 16 heavy (non-hydrogen) atoms. The molecule has 0 unspecified atom stereocenters. The molecule has 88 valence electrons. The second kappa shape index (κ2) is 5.15. The summed E-state index contributed by atoms with van der Waals surface area (Å²) in [5.74, 6) is 0.756. The lowest BCUT2D eigenvalue weighted by Crippen LogP contribution is -2.13. The zero-order valence-electron chi connectivity index (χ0n) is 10.4. The number of rotatable bonds is 4. The van der Waals surface area contributed by atoms with Gasteiger partial charge in [0, 0.05) is 0 Å². The van der Waals surface area contributed by atoms with Gasteiger partial charge in [-0.2, -0.15) is 0 Å². The summed E-state index contributed by atoms with van der Waals surface area (Å²) in [4.78, 5) is 10.7. The third-order valence-corrected chi connectivity index (χ3v) is 2.98. The maximum Gasteiger partial charge on any atom is 0.335 e. The Morgan fingerprint density at radius 2 is 1.44 bits per heavy atom. The highest BCUT2D eigenvalue weighted by atomic mass is 16.4. The minimum absolute atomic E-state index is 0.356. The van der Waals surface area contributed by atoms with Crippen LogP contribution in [0.3, 0.4) is 0 Å². The largest absolute Gasteiger partial charge is 0.478 e. The molecule has 1 N–H and O–H groups in total. The summed E-state index contributed by atoms with van der Waals surface area (Å²) in [5, 5.41) is 8.83. The molecule has 0 aliphatic rings. The number of aromatic carboxylic acids is 1. The molecule has 0 aliphatic carbocycles. The van der Waals surface area contributed by atoms with Gasteiger partial charge in [0.2, 0.25) is 0 Å². The smallest absolute Gasteiger partial charge is 0.335 e. The second-order valence-electron chi connectivity index (χ2n) is 4.94. The normalized spacial score (nSPS) is 11.4. The third kappa shape index (κ3) is 2.84. The molecule has 0 heterocycles. The molecule has 1 aromatic rings. The van der Waals surface area contributed by atoms with E-state index in [1.165, 1.54) is 5.56 Å². The Balaban J connectivity index is 2.99. The lowest BCUT2D eigenvalue weighted by atomic mass is 9.80. The van der Waals surface area contributed by atoms with Gasteiger partial charge in [-0.05, 0) is 35.4 Å². The average molecular weight is 220 g/mol. The molecule has 0 aromatic heterocycles. The van der Waals surface area contributed by atoms with Gasteiger partial charge >= 0.3 is 5.97 Å². The van der Waals surface area contributed by atoms with Crippen LogP contribution in [0, 0.1) is 11.8 Å². The zero-order valence-corrected chi connectivity index (χ0v) is 10.4. The van der Waals surface area contributed by atoms with Crippen molar-refractivity contribution in [2.24, 2.45) is 11.8 Å². The molecule has 2 nitrogen and oxygen atoms in total. The summed E-state index contributed by atoms with van der Waals surface area (Å²) in [6.07, 6.45) is 0. The predicted octanol–water partition coefficient (Wildman–Crippen LogP) is 3.78. The first-order chi connectivity index (χ1) is 7.43. The first kappa shape index (κ1) is 12.8. The Kier molecular flexibility index (Phi) is 4.11. The van der Waals surface area contributed by atoms with Gasteiger partial charge < -0.3 is 5.11 Å². The number of carbonyl (C=O) groups is 1. The second-order valence-corrected chi connectivity index (χ2v) is 4.94. The predicted molar refractivity (Wildman–Crippen MR) is 65.8 cm³/mol. The first-order valence-corrected chi connectivity index (χ1v) is 5.76. The van der Waals surface area contributed by atoms with Gasteiger partial charge in [-0.1, -0.05) is 39.8 Å². The van der Waals surface area contributed by atoms with Crippen LogP contribution in [0.2, 0.25) is 0 Å². The Bertz CT molecular complexity index is 342. The van der Waals surface area contributed by atoms with Crippen molar-refractivity contribution in [3.8, 4) is 0 Å². The minimum Gasteiger partial charge on any atom is -0.478 e. The van der Waals surface area contributed by atoms with E-state index in [2.05, 4.69) is 27.7 Å². The van der Waals surface area contributed by atoms with Gasteiger partial charge in [-0.15, -0.1) is 0 Å². The van der Waals surface area contributed by atoms with Gasteiger partial charge in [0.1, 0.15) is 0 Å². The van der Waals surface area contributed by atoms with E-state index in [-0.39, 0.29) is 0 Å². The summed E-state index contributed by atoms with van der Waals surface area (Å²) in [6, 6.07) is 7.26. The van der Waals surface area contributed by atoms with Gasteiger partial charge in [0.25, 0.3) is 0 Å². The fourth-order valence-corrected chi connectivity index (χ4v) is 2.39. The van der Waals surface area contributed by atoms with E-state index in [1.54, 1.807) is 12.1 Å². The highest BCUT2D eigenvalue weighted by Crippen LogP contribution is 2.31. The third-order valence-electron chi connectivity index (χ3n) is 2.98. The highest BCUT2D eigenvalue weighted by Gasteiger charge is 2.19. The molecule has 0 saturated heterocycles. The topological polar surface area (TPSA) is 37.3 Å². The monoisotopic (exact) mass is 220 g/mol. The van der Waals surface area contributed by atoms with Crippen LogP contribution in [0.25, 0.3) is 0 Å². The maximum absolute atomic E-state index is 10.7. The summed E-state index contributed by atoms with van der Waals surface area (Å²) < 4.78 is 0. The minimum atomic E-state index is -0.864. The molecule has 0 bridgehead atoms. The van der Waals surface area contributed by atoms with E-state index in [0.29, 0.717) is 23.3 Å². The molecule has 1 aromatic carbocycles. The van der Waals surface area contributed by atoms with Crippen LogP contribution < -0.4 is 0 Å². The van der Waals surface area contributed by atoms with Crippen molar-refractivity contribution in [3.63, 3.8) is 0 Å². The Hall–Kier alpha value is -1.31. The number of hydrogen-bond acceptors (Lipinski definition) is 1. The van der Waals surface area contributed by atoms with Gasteiger partial charge in [-0.3, -0.25) is 0 Å². The van der Waals surface area contributed by atoms with E-state index >= 15 is 0 Å². The van der Waals surface area contributed by atoms with Crippen LogP contribution in [0.4, 0.5) is 0 Å². The highest BCUT2D eigenvalue weighted by molar-refractivity contribution is 5.87. The summed E-state index contributed by atoms with van der Waals surface area (Å²) >= 11 is 0. The van der Waals surface area contributed by atoms with Gasteiger partial charge in [-0.25, -0.2) is 4.79 Å². The zero-order chi connectivity index (χ0) is 12.3. The van der Waals surface area contributed by atoms with Gasteiger partial charge in [0.15, 0.2) is 0 Å². The molecular weight excluding hydrogens is 200 g/mol. The molecule has 1 rings (SSSR count). The molecule has 0 spiro atoms. The van der Waals surface area contributed by atoms with Crippen LogP contribution in [-0.4, -0.2) is 11.1 Å². The summed E-state index contributed by atoms with van der Waals surface area (Å²) in [7, 11) is 0. The average Bonchev–Trinajstić information content (AvgIpc) is 2.17. The van der Waals surface area contributed by atoms with Crippen LogP contribution in [0.5, 0.6) is 0 Å². The standard InChI is InChI=1S/C14H20O2/c1-9(2)13(10(3)4)11-5-7-12(8-6-11)14(15)16/h5-10,13H,1-4H3,(H,15,16). The molecule has 0 radical (unpaired) electrons. The fraction of sp³-hybridized carbons (Fsp3) is 0.500. The number of benzene rings is 1. The molecule has 2 heteroatoms. The molecule has 0 saturated carbocycles. The lowest BCUT2D eigenvalue weighted by molar-refractivity contribution is 0.0697. The summed E-state index contributed by atoms with van der Waals surface area (Å²) in [6.45, 7) is 8.82. The Morgan fingerprint density at radius 1 is 1.00 bits per heavy atom. The van der Waals surface area contributed by atoms with E-state index < -0.39 is 5.97 Å². The van der Waals surface area contributed by atoms with Crippen molar-refractivity contribution in [3.05, 3.63) is 35.4 Å².